The Morgan fingerprint density at radius 2 is 2.36 bits per heavy atom. The number of amides is 2. The average Bonchev–Trinajstić information content (AvgIpc) is 3.18. The number of aromatic amines is 1. The summed E-state index contributed by atoms with van der Waals surface area (Å²) in [7, 11) is 0. The third-order valence-corrected chi connectivity index (χ3v) is 4.31. The molecule has 0 saturated carbocycles. The number of rotatable bonds is 5. The lowest BCUT2D eigenvalue weighted by Gasteiger charge is -2.06. The Bertz CT molecular complexity index is 731. The maximum atomic E-state index is 12.0. The summed E-state index contributed by atoms with van der Waals surface area (Å²) in [6.45, 7) is 0. The smallest absolute Gasteiger partial charge is 0.265 e. The first-order chi connectivity index (χ1) is 10.6. The molecule has 0 bridgehead atoms. The van der Waals surface area contributed by atoms with Crippen LogP contribution in [0.1, 0.15) is 29.8 Å². The summed E-state index contributed by atoms with van der Waals surface area (Å²) in [4.78, 5) is 30.2. The number of thiazole rings is 1. The van der Waals surface area contributed by atoms with Crippen molar-refractivity contribution in [3.8, 4) is 11.3 Å². The van der Waals surface area contributed by atoms with Gasteiger partial charge in [-0.1, -0.05) is 12.2 Å². The molecule has 0 aliphatic heterocycles. The van der Waals surface area contributed by atoms with Crippen molar-refractivity contribution in [1.29, 1.82) is 0 Å². The van der Waals surface area contributed by atoms with Crippen LogP contribution in [0.3, 0.4) is 0 Å². The van der Waals surface area contributed by atoms with Crippen LogP contribution in [0, 0.1) is 5.92 Å². The number of nitrogens with one attached hydrogen (secondary N) is 2. The lowest BCUT2D eigenvalue weighted by molar-refractivity contribution is -0.116. The molecular formula is C15H16N4O2S. The zero-order valence-corrected chi connectivity index (χ0v) is 12.7. The number of hydrogen-bond acceptors (Lipinski definition) is 4. The largest absolute Gasteiger partial charge is 0.364 e. The van der Waals surface area contributed by atoms with Crippen LogP contribution in [0.2, 0.25) is 0 Å². The first-order valence-corrected chi connectivity index (χ1v) is 7.90. The molecule has 0 unspecified atom stereocenters. The van der Waals surface area contributed by atoms with E-state index in [-0.39, 0.29) is 5.91 Å². The average molecular weight is 316 g/mol. The highest BCUT2D eigenvalue weighted by Gasteiger charge is 2.15. The number of primary amides is 1. The van der Waals surface area contributed by atoms with Gasteiger partial charge in [0.05, 0.1) is 5.69 Å². The van der Waals surface area contributed by atoms with Gasteiger partial charge in [-0.3, -0.25) is 9.59 Å². The standard InChI is InChI=1S/C15H16N4O2S/c16-14(21)11-6-10(7-17-11)12-8-22-15(18-12)19-13(20)5-9-3-1-2-4-9/h1,3,6-9,17H,2,4-5H2,(H2,16,21)(H,18,19,20)/t9-/m0/s1. The molecule has 2 heterocycles. The van der Waals surface area contributed by atoms with E-state index < -0.39 is 5.91 Å². The predicted octanol–water partition coefficient (Wildman–Crippen LogP) is 2.53. The molecule has 0 radical (unpaired) electrons. The second-order valence-corrected chi connectivity index (χ2v) is 6.08. The van der Waals surface area contributed by atoms with E-state index in [4.69, 9.17) is 5.73 Å². The Kier molecular flexibility index (Phi) is 4.06. The second kappa shape index (κ2) is 6.15. The Morgan fingerprint density at radius 1 is 1.50 bits per heavy atom. The van der Waals surface area contributed by atoms with Crippen molar-refractivity contribution in [3.05, 3.63) is 35.5 Å². The molecule has 114 valence electrons. The van der Waals surface area contributed by atoms with Crippen LogP contribution in [0.5, 0.6) is 0 Å². The molecule has 2 aromatic heterocycles. The van der Waals surface area contributed by atoms with Crippen molar-refractivity contribution in [2.75, 3.05) is 5.32 Å². The number of carbonyl (C=O) groups is 2. The van der Waals surface area contributed by atoms with Gasteiger partial charge < -0.3 is 16.0 Å². The minimum absolute atomic E-state index is 0.0238. The predicted molar refractivity (Wildman–Crippen MR) is 85.5 cm³/mol. The summed E-state index contributed by atoms with van der Waals surface area (Å²) < 4.78 is 0. The second-order valence-electron chi connectivity index (χ2n) is 5.22. The van der Waals surface area contributed by atoms with Gasteiger partial charge in [-0.2, -0.15) is 0 Å². The molecule has 4 N–H and O–H groups in total. The SMILES string of the molecule is NC(=O)c1cc(-c2csc(NC(=O)C[C@H]3C=CCC3)n2)c[nH]1. The highest BCUT2D eigenvalue weighted by Crippen LogP contribution is 2.26. The number of H-pyrrole nitrogens is 1. The highest BCUT2D eigenvalue weighted by atomic mass is 32.1. The van der Waals surface area contributed by atoms with Gasteiger partial charge in [0.15, 0.2) is 5.13 Å². The van der Waals surface area contributed by atoms with E-state index in [0.717, 1.165) is 18.4 Å². The topological polar surface area (TPSA) is 101 Å². The van der Waals surface area contributed by atoms with Crippen LogP contribution in [-0.2, 0) is 4.79 Å². The third-order valence-electron chi connectivity index (χ3n) is 3.55. The van der Waals surface area contributed by atoms with Crippen molar-refractivity contribution in [2.24, 2.45) is 11.7 Å². The molecule has 1 aliphatic carbocycles. The Balaban J connectivity index is 1.64. The molecule has 1 aliphatic rings. The van der Waals surface area contributed by atoms with Gasteiger partial charge in [-0.25, -0.2) is 4.98 Å². The van der Waals surface area contributed by atoms with Crippen molar-refractivity contribution in [2.45, 2.75) is 19.3 Å². The molecule has 6 nitrogen and oxygen atoms in total. The van der Waals surface area contributed by atoms with E-state index in [1.165, 1.54) is 11.3 Å². The van der Waals surface area contributed by atoms with Crippen LogP contribution < -0.4 is 11.1 Å². The normalized spacial score (nSPS) is 16.8. The van der Waals surface area contributed by atoms with Gasteiger partial charge in [-0.05, 0) is 24.8 Å². The number of anilines is 1. The fourth-order valence-electron chi connectivity index (χ4n) is 2.42. The van der Waals surface area contributed by atoms with Gasteiger partial charge in [0.1, 0.15) is 5.69 Å². The molecule has 2 aromatic rings. The van der Waals surface area contributed by atoms with Gasteiger partial charge in [0.2, 0.25) is 5.91 Å². The number of carbonyl (C=O) groups excluding carboxylic acids is 2. The molecule has 0 saturated heterocycles. The fourth-order valence-corrected chi connectivity index (χ4v) is 3.16. The van der Waals surface area contributed by atoms with E-state index in [0.29, 0.717) is 28.9 Å². The summed E-state index contributed by atoms with van der Waals surface area (Å²) in [5.41, 5.74) is 7.01. The fraction of sp³-hybridized carbons (Fsp3) is 0.267. The van der Waals surface area contributed by atoms with Crippen molar-refractivity contribution in [1.82, 2.24) is 9.97 Å². The van der Waals surface area contributed by atoms with Gasteiger partial charge in [0, 0.05) is 23.6 Å². The number of hydrogen-bond donors (Lipinski definition) is 3. The van der Waals surface area contributed by atoms with Gasteiger partial charge >= 0.3 is 0 Å². The number of nitrogens with two attached hydrogens (primary N) is 1. The number of allylic oxidation sites excluding steroid dienone is 2. The van der Waals surface area contributed by atoms with Crippen molar-refractivity contribution < 1.29 is 9.59 Å². The Labute approximate surface area is 131 Å². The molecule has 0 spiro atoms. The first kappa shape index (κ1) is 14.5. The summed E-state index contributed by atoms with van der Waals surface area (Å²) in [5.74, 6) is -0.203. The van der Waals surface area contributed by atoms with Crippen molar-refractivity contribution >= 4 is 28.3 Å². The summed E-state index contributed by atoms with van der Waals surface area (Å²) in [6, 6.07) is 1.65. The first-order valence-electron chi connectivity index (χ1n) is 7.02. The highest BCUT2D eigenvalue weighted by molar-refractivity contribution is 7.14. The molecule has 0 fully saturated rings. The zero-order chi connectivity index (χ0) is 15.5. The van der Waals surface area contributed by atoms with E-state index in [9.17, 15) is 9.59 Å². The summed E-state index contributed by atoms with van der Waals surface area (Å²) in [5, 5.41) is 5.21. The van der Waals surface area contributed by atoms with E-state index in [2.05, 4.69) is 27.4 Å². The molecule has 2 amide bonds. The van der Waals surface area contributed by atoms with Crippen LogP contribution in [0.15, 0.2) is 29.8 Å². The quantitative estimate of drug-likeness (QED) is 0.739. The third kappa shape index (κ3) is 3.25. The molecule has 3 rings (SSSR count). The summed E-state index contributed by atoms with van der Waals surface area (Å²) >= 11 is 1.36. The minimum atomic E-state index is -0.514. The Hall–Kier alpha value is -2.41. The molecule has 7 heteroatoms. The number of nitrogens with zero attached hydrogens (tertiary/aromatic N) is 1. The van der Waals surface area contributed by atoms with Crippen LogP contribution >= 0.6 is 11.3 Å². The lowest BCUT2D eigenvalue weighted by Crippen LogP contribution is -2.14. The van der Waals surface area contributed by atoms with Gasteiger partial charge in [-0.15, -0.1) is 11.3 Å². The molecule has 22 heavy (non-hydrogen) atoms. The van der Waals surface area contributed by atoms with E-state index in [1.807, 2.05) is 5.38 Å². The van der Waals surface area contributed by atoms with Crippen LogP contribution in [-0.4, -0.2) is 21.8 Å². The monoisotopic (exact) mass is 316 g/mol. The van der Waals surface area contributed by atoms with Gasteiger partial charge in [0.25, 0.3) is 5.91 Å². The molecule has 0 aromatic carbocycles. The summed E-state index contributed by atoms with van der Waals surface area (Å²) in [6.07, 6.45) is 8.45. The lowest BCUT2D eigenvalue weighted by atomic mass is 10.1. The maximum absolute atomic E-state index is 12.0. The maximum Gasteiger partial charge on any atom is 0.265 e. The minimum Gasteiger partial charge on any atom is -0.364 e. The van der Waals surface area contributed by atoms with Crippen LogP contribution in [0.25, 0.3) is 11.3 Å². The number of aromatic nitrogens is 2. The van der Waals surface area contributed by atoms with E-state index in [1.54, 1.807) is 12.3 Å². The van der Waals surface area contributed by atoms with E-state index >= 15 is 0 Å². The Morgan fingerprint density at radius 3 is 3.05 bits per heavy atom. The molecule has 1 atom stereocenters. The molecular weight excluding hydrogens is 300 g/mol. The zero-order valence-electron chi connectivity index (χ0n) is 11.8. The van der Waals surface area contributed by atoms with Crippen molar-refractivity contribution in [3.63, 3.8) is 0 Å². The van der Waals surface area contributed by atoms with Crippen LogP contribution in [0.4, 0.5) is 5.13 Å².